The minimum absolute atomic E-state index is 0.327. The van der Waals surface area contributed by atoms with Crippen LogP contribution in [0.5, 0.6) is 0 Å². The van der Waals surface area contributed by atoms with E-state index < -0.39 is 5.60 Å². The van der Waals surface area contributed by atoms with E-state index in [1.165, 1.54) is 31.4 Å². The molecule has 1 fully saturated rings. The standard InChI is InChI=1S/C17H23FN2O2/c1-17(21,12-20-9-3-2-4-10-20)8-7-15-14-6-5-13(18)11-16(14)22-19-15/h5-6,11,21H,2-4,7-10,12H2,1H3. The van der Waals surface area contributed by atoms with Gasteiger partial charge in [0.2, 0.25) is 0 Å². The van der Waals surface area contributed by atoms with Gasteiger partial charge in [0.15, 0.2) is 5.58 Å². The number of piperidine rings is 1. The first-order valence-electron chi connectivity index (χ1n) is 8.02. The maximum absolute atomic E-state index is 13.1. The quantitative estimate of drug-likeness (QED) is 0.922. The lowest BCUT2D eigenvalue weighted by atomic mass is 9.96. The summed E-state index contributed by atoms with van der Waals surface area (Å²) < 4.78 is 18.3. The van der Waals surface area contributed by atoms with Crippen molar-refractivity contribution in [2.45, 2.75) is 44.6 Å². The van der Waals surface area contributed by atoms with Crippen LogP contribution in [0, 0.1) is 5.82 Å². The van der Waals surface area contributed by atoms with Gasteiger partial charge in [0, 0.05) is 18.0 Å². The molecule has 22 heavy (non-hydrogen) atoms. The van der Waals surface area contributed by atoms with Crippen LogP contribution in [0.4, 0.5) is 4.39 Å². The zero-order valence-electron chi connectivity index (χ0n) is 13.0. The third-order valence-corrected chi connectivity index (χ3v) is 4.42. The number of β-amino-alcohol motifs (C(OH)–C–C–N with tert-alkyl or cyclic N) is 1. The first kappa shape index (κ1) is 15.4. The van der Waals surface area contributed by atoms with Crippen molar-refractivity contribution in [1.29, 1.82) is 0 Å². The third kappa shape index (κ3) is 3.65. The minimum Gasteiger partial charge on any atom is -0.389 e. The number of hydrogen-bond donors (Lipinski definition) is 1. The van der Waals surface area contributed by atoms with Crippen molar-refractivity contribution in [3.05, 3.63) is 29.7 Å². The molecule has 2 aromatic rings. The largest absolute Gasteiger partial charge is 0.389 e. The van der Waals surface area contributed by atoms with Gasteiger partial charge in [-0.25, -0.2) is 4.39 Å². The van der Waals surface area contributed by atoms with Crippen molar-refractivity contribution in [3.8, 4) is 0 Å². The molecule has 1 aliphatic heterocycles. The van der Waals surface area contributed by atoms with Gasteiger partial charge in [-0.05, 0) is 57.8 Å². The molecule has 0 aliphatic carbocycles. The van der Waals surface area contributed by atoms with E-state index in [0.29, 0.717) is 25.0 Å². The van der Waals surface area contributed by atoms with Gasteiger partial charge in [-0.15, -0.1) is 0 Å². The SMILES string of the molecule is CC(O)(CCc1noc2cc(F)ccc12)CN1CCCCC1. The van der Waals surface area contributed by atoms with Crippen LogP contribution < -0.4 is 0 Å². The fourth-order valence-electron chi connectivity index (χ4n) is 3.21. The van der Waals surface area contributed by atoms with E-state index in [1.807, 2.05) is 6.92 Å². The van der Waals surface area contributed by atoms with Gasteiger partial charge in [-0.1, -0.05) is 11.6 Å². The molecule has 4 nitrogen and oxygen atoms in total. The van der Waals surface area contributed by atoms with Gasteiger partial charge in [-0.3, -0.25) is 0 Å². The molecule has 1 aromatic carbocycles. The molecule has 1 saturated heterocycles. The molecule has 1 atom stereocenters. The molecule has 0 bridgehead atoms. The van der Waals surface area contributed by atoms with E-state index in [1.54, 1.807) is 6.07 Å². The second kappa shape index (κ2) is 6.34. The molecule has 0 amide bonds. The van der Waals surface area contributed by atoms with E-state index in [4.69, 9.17) is 4.52 Å². The highest BCUT2D eigenvalue weighted by Gasteiger charge is 2.25. The van der Waals surface area contributed by atoms with Crippen LogP contribution in [0.15, 0.2) is 22.7 Å². The first-order valence-corrected chi connectivity index (χ1v) is 8.02. The zero-order valence-corrected chi connectivity index (χ0v) is 13.0. The van der Waals surface area contributed by atoms with E-state index in [-0.39, 0.29) is 5.82 Å². The predicted molar refractivity (Wildman–Crippen MR) is 83.2 cm³/mol. The molecular weight excluding hydrogens is 283 g/mol. The van der Waals surface area contributed by atoms with Crippen molar-refractivity contribution in [3.63, 3.8) is 0 Å². The van der Waals surface area contributed by atoms with Crippen LogP contribution in [0.2, 0.25) is 0 Å². The predicted octanol–water partition coefficient (Wildman–Crippen LogP) is 3.14. The average Bonchev–Trinajstić information content (AvgIpc) is 2.88. The molecule has 0 saturated carbocycles. The van der Waals surface area contributed by atoms with Crippen LogP contribution in [-0.2, 0) is 6.42 Å². The lowest BCUT2D eigenvalue weighted by Crippen LogP contribution is -2.43. The monoisotopic (exact) mass is 306 g/mol. The third-order valence-electron chi connectivity index (χ3n) is 4.42. The lowest BCUT2D eigenvalue weighted by molar-refractivity contribution is 0.00739. The Hall–Kier alpha value is -1.46. The zero-order chi connectivity index (χ0) is 15.6. The maximum atomic E-state index is 13.1. The average molecular weight is 306 g/mol. The summed E-state index contributed by atoms with van der Waals surface area (Å²) in [4.78, 5) is 2.33. The number of benzene rings is 1. The van der Waals surface area contributed by atoms with Crippen LogP contribution in [0.25, 0.3) is 11.0 Å². The van der Waals surface area contributed by atoms with Crippen molar-refractivity contribution >= 4 is 11.0 Å². The smallest absolute Gasteiger partial charge is 0.170 e. The summed E-state index contributed by atoms with van der Waals surface area (Å²) in [6.07, 6.45) is 4.97. The Morgan fingerprint density at radius 3 is 2.86 bits per heavy atom. The second-order valence-corrected chi connectivity index (χ2v) is 6.60. The maximum Gasteiger partial charge on any atom is 0.170 e. The number of aromatic nitrogens is 1. The van der Waals surface area contributed by atoms with E-state index >= 15 is 0 Å². The van der Waals surface area contributed by atoms with Gasteiger partial charge in [0.05, 0.1) is 11.3 Å². The highest BCUT2D eigenvalue weighted by molar-refractivity contribution is 5.79. The van der Waals surface area contributed by atoms with Crippen LogP contribution in [-0.4, -0.2) is 40.4 Å². The number of aryl methyl sites for hydroxylation is 1. The van der Waals surface area contributed by atoms with Crippen molar-refractivity contribution < 1.29 is 14.0 Å². The highest BCUT2D eigenvalue weighted by Crippen LogP contribution is 2.23. The number of likely N-dealkylation sites (tertiary alicyclic amines) is 1. The molecule has 1 unspecified atom stereocenters. The number of nitrogens with zero attached hydrogens (tertiary/aromatic N) is 2. The summed E-state index contributed by atoms with van der Waals surface area (Å²) >= 11 is 0. The summed E-state index contributed by atoms with van der Waals surface area (Å²) in [7, 11) is 0. The molecule has 1 aliphatic rings. The Kier molecular flexibility index (Phi) is 4.45. The van der Waals surface area contributed by atoms with Crippen molar-refractivity contribution in [2.24, 2.45) is 0 Å². The van der Waals surface area contributed by atoms with Crippen molar-refractivity contribution in [1.82, 2.24) is 10.1 Å². The Morgan fingerprint density at radius 2 is 2.09 bits per heavy atom. The topological polar surface area (TPSA) is 49.5 Å². The molecule has 5 heteroatoms. The minimum atomic E-state index is -0.747. The lowest BCUT2D eigenvalue weighted by Gasteiger charge is -2.33. The molecule has 0 radical (unpaired) electrons. The molecule has 1 aromatic heterocycles. The molecular formula is C17H23FN2O2. The fourth-order valence-corrected chi connectivity index (χ4v) is 3.21. The molecule has 2 heterocycles. The fraction of sp³-hybridized carbons (Fsp3) is 0.588. The number of fused-ring (bicyclic) bond motifs is 1. The van der Waals surface area contributed by atoms with E-state index in [0.717, 1.165) is 24.2 Å². The van der Waals surface area contributed by atoms with E-state index in [2.05, 4.69) is 10.1 Å². The molecule has 1 N–H and O–H groups in total. The van der Waals surface area contributed by atoms with Crippen LogP contribution in [0.3, 0.4) is 0 Å². The Labute approximate surface area is 129 Å². The Bertz CT molecular complexity index is 633. The summed E-state index contributed by atoms with van der Waals surface area (Å²) in [5.41, 5.74) is 0.502. The summed E-state index contributed by atoms with van der Waals surface area (Å²) in [6, 6.07) is 4.45. The van der Waals surface area contributed by atoms with Crippen molar-refractivity contribution in [2.75, 3.05) is 19.6 Å². The normalized spacial score (nSPS) is 19.4. The van der Waals surface area contributed by atoms with E-state index in [9.17, 15) is 9.50 Å². The van der Waals surface area contributed by atoms with Crippen LogP contribution in [0.1, 0.15) is 38.3 Å². The first-order chi connectivity index (χ1) is 10.5. The van der Waals surface area contributed by atoms with Gasteiger partial charge >= 0.3 is 0 Å². The number of halogens is 1. The summed E-state index contributed by atoms with van der Waals surface area (Å²) in [6.45, 7) is 4.71. The second-order valence-electron chi connectivity index (χ2n) is 6.60. The summed E-state index contributed by atoms with van der Waals surface area (Å²) in [5.74, 6) is -0.327. The van der Waals surface area contributed by atoms with Gasteiger partial charge in [0.25, 0.3) is 0 Å². The summed E-state index contributed by atoms with van der Waals surface area (Å²) in [5, 5.41) is 15.5. The highest BCUT2D eigenvalue weighted by atomic mass is 19.1. The molecule has 3 rings (SSSR count). The molecule has 120 valence electrons. The van der Waals surface area contributed by atoms with Crippen LogP contribution >= 0.6 is 0 Å². The number of rotatable bonds is 5. The van der Waals surface area contributed by atoms with Gasteiger partial charge in [0.1, 0.15) is 5.82 Å². The number of aliphatic hydroxyl groups is 1. The molecule has 0 spiro atoms. The van der Waals surface area contributed by atoms with Gasteiger partial charge in [-0.2, -0.15) is 0 Å². The Morgan fingerprint density at radius 1 is 1.32 bits per heavy atom. The van der Waals surface area contributed by atoms with Gasteiger partial charge < -0.3 is 14.5 Å². The Balaban J connectivity index is 1.62. The number of hydrogen-bond acceptors (Lipinski definition) is 4.